The van der Waals surface area contributed by atoms with Gasteiger partial charge in [-0.1, -0.05) is 12.8 Å². The van der Waals surface area contributed by atoms with Crippen LogP contribution in [0.15, 0.2) is 0 Å². The van der Waals surface area contributed by atoms with Crippen LogP contribution >= 0.6 is 0 Å². The lowest BCUT2D eigenvalue weighted by atomic mass is 10.2. The van der Waals surface area contributed by atoms with Gasteiger partial charge in [0.1, 0.15) is 0 Å². The molecule has 22 heavy (non-hydrogen) atoms. The summed E-state index contributed by atoms with van der Waals surface area (Å²) in [5.41, 5.74) is 0. The molecule has 0 aromatic rings. The van der Waals surface area contributed by atoms with Crippen molar-refractivity contribution >= 4 is 17.9 Å². The molecule has 2 rings (SSSR count). The first-order valence-electron chi connectivity index (χ1n) is 8.00. The number of urea groups is 1. The van der Waals surface area contributed by atoms with Crippen LogP contribution in [0.1, 0.15) is 38.5 Å². The molecular weight excluding hydrogens is 286 g/mol. The summed E-state index contributed by atoms with van der Waals surface area (Å²) >= 11 is 0. The van der Waals surface area contributed by atoms with Gasteiger partial charge in [0.15, 0.2) is 0 Å². The average molecular weight is 311 g/mol. The standard InChI is InChI=1S/C15H25N3O4/c1-22-14(20)7-6-13(19)17-8-10-18(11-9-17)15(21)16-12-4-2-3-5-12/h12H,2-11H2,1H3,(H,16,21). The smallest absolute Gasteiger partial charge is 0.317 e. The highest BCUT2D eigenvalue weighted by atomic mass is 16.5. The van der Waals surface area contributed by atoms with Crippen molar-refractivity contribution in [2.75, 3.05) is 33.3 Å². The van der Waals surface area contributed by atoms with Crippen LogP contribution in [0.25, 0.3) is 0 Å². The Labute approximate surface area is 131 Å². The van der Waals surface area contributed by atoms with Gasteiger partial charge >= 0.3 is 12.0 Å². The maximum Gasteiger partial charge on any atom is 0.317 e. The Morgan fingerprint density at radius 2 is 1.59 bits per heavy atom. The summed E-state index contributed by atoms with van der Waals surface area (Å²) in [6, 6.07) is 0.292. The van der Waals surface area contributed by atoms with Gasteiger partial charge in [-0.05, 0) is 12.8 Å². The van der Waals surface area contributed by atoms with E-state index in [1.165, 1.54) is 20.0 Å². The van der Waals surface area contributed by atoms with Gasteiger partial charge < -0.3 is 19.9 Å². The lowest BCUT2D eigenvalue weighted by Gasteiger charge is -2.35. The van der Waals surface area contributed by atoms with Gasteiger partial charge in [0.2, 0.25) is 5.91 Å². The van der Waals surface area contributed by atoms with E-state index in [0.717, 1.165) is 12.8 Å². The van der Waals surface area contributed by atoms with Gasteiger partial charge in [-0.25, -0.2) is 4.79 Å². The second kappa shape index (κ2) is 8.00. The van der Waals surface area contributed by atoms with Crippen molar-refractivity contribution in [3.8, 4) is 0 Å². The molecule has 3 amide bonds. The average Bonchev–Trinajstić information content (AvgIpc) is 3.05. The van der Waals surface area contributed by atoms with Gasteiger partial charge in [0.05, 0.1) is 13.5 Å². The molecule has 7 heteroatoms. The highest BCUT2D eigenvalue weighted by Crippen LogP contribution is 2.18. The molecule has 0 aromatic heterocycles. The van der Waals surface area contributed by atoms with Crippen LogP contribution in [0.5, 0.6) is 0 Å². The molecule has 0 aromatic carbocycles. The minimum atomic E-state index is -0.372. The molecule has 1 aliphatic heterocycles. The monoisotopic (exact) mass is 311 g/mol. The number of esters is 1. The lowest BCUT2D eigenvalue weighted by molar-refractivity contribution is -0.143. The minimum absolute atomic E-state index is 0.0199. The van der Waals surface area contributed by atoms with E-state index in [2.05, 4.69) is 10.1 Å². The summed E-state index contributed by atoms with van der Waals surface area (Å²) in [5, 5.41) is 3.06. The van der Waals surface area contributed by atoms with E-state index in [4.69, 9.17) is 0 Å². The molecule has 0 radical (unpaired) electrons. The van der Waals surface area contributed by atoms with Crippen LogP contribution in [-0.2, 0) is 14.3 Å². The van der Waals surface area contributed by atoms with Gasteiger partial charge in [-0.15, -0.1) is 0 Å². The molecule has 1 saturated carbocycles. The normalized spacial score (nSPS) is 19.1. The fourth-order valence-electron chi connectivity index (χ4n) is 2.96. The highest BCUT2D eigenvalue weighted by Gasteiger charge is 2.26. The van der Waals surface area contributed by atoms with Crippen molar-refractivity contribution in [2.24, 2.45) is 0 Å². The molecule has 1 saturated heterocycles. The molecule has 1 aliphatic carbocycles. The summed E-state index contributed by atoms with van der Waals surface area (Å²) in [6.45, 7) is 2.14. The van der Waals surface area contributed by atoms with E-state index in [1.807, 2.05) is 0 Å². The second-order valence-corrected chi connectivity index (χ2v) is 5.87. The number of ether oxygens (including phenoxy) is 1. The first kappa shape index (κ1) is 16.6. The number of nitrogens with one attached hydrogen (secondary N) is 1. The number of carbonyl (C=O) groups is 3. The Morgan fingerprint density at radius 1 is 1.00 bits per heavy atom. The van der Waals surface area contributed by atoms with E-state index in [9.17, 15) is 14.4 Å². The highest BCUT2D eigenvalue weighted by molar-refractivity contribution is 5.81. The number of carbonyl (C=O) groups excluding carboxylic acids is 3. The zero-order valence-electron chi connectivity index (χ0n) is 13.2. The second-order valence-electron chi connectivity index (χ2n) is 5.87. The Hall–Kier alpha value is -1.79. The first-order valence-corrected chi connectivity index (χ1v) is 8.00. The third-order valence-electron chi connectivity index (χ3n) is 4.37. The molecule has 124 valence electrons. The number of amides is 3. The quantitative estimate of drug-likeness (QED) is 0.777. The van der Waals surface area contributed by atoms with Crippen LogP contribution in [0.3, 0.4) is 0 Å². The Bertz CT molecular complexity index is 413. The molecule has 0 bridgehead atoms. The van der Waals surface area contributed by atoms with E-state index < -0.39 is 0 Å². The van der Waals surface area contributed by atoms with Crippen molar-refractivity contribution in [3.05, 3.63) is 0 Å². The third-order valence-corrected chi connectivity index (χ3v) is 4.37. The van der Waals surface area contributed by atoms with Crippen molar-refractivity contribution in [3.63, 3.8) is 0 Å². The molecule has 0 spiro atoms. The molecule has 0 unspecified atom stereocenters. The van der Waals surface area contributed by atoms with Crippen LogP contribution in [0.2, 0.25) is 0 Å². The topological polar surface area (TPSA) is 79.0 Å². The largest absolute Gasteiger partial charge is 0.469 e. The number of rotatable bonds is 4. The van der Waals surface area contributed by atoms with Crippen LogP contribution < -0.4 is 5.32 Å². The fraction of sp³-hybridized carbons (Fsp3) is 0.800. The predicted octanol–water partition coefficient (Wildman–Crippen LogP) is 0.736. The zero-order chi connectivity index (χ0) is 15.9. The van der Waals surface area contributed by atoms with Crippen LogP contribution in [0, 0.1) is 0 Å². The predicted molar refractivity (Wildman–Crippen MR) is 80.2 cm³/mol. The van der Waals surface area contributed by atoms with E-state index in [1.54, 1.807) is 9.80 Å². The zero-order valence-corrected chi connectivity index (χ0v) is 13.2. The summed E-state index contributed by atoms with van der Waals surface area (Å²) < 4.78 is 4.53. The minimum Gasteiger partial charge on any atom is -0.469 e. The molecular formula is C15H25N3O4. The van der Waals surface area contributed by atoms with Gasteiger partial charge in [0, 0.05) is 38.6 Å². The summed E-state index contributed by atoms with van der Waals surface area (Å²) in [4.78, 5) is 38.6. The van der Waals surface area contributed by atoms with Crippen LogP contribution in [-0.4, -0.2) is 67.0 Å². The molecule has 7 nitrogen and oxygen atoms in total. The number of methoxy groups -OCH3 is 1. The van der Waals surface area contributed by atoms with Gasteiger partial charge in [-0.3, -0.25) is 9.59 Å². The summed E-state index contributed by atoms with van der Waals surface area (Å²) in [6.07, 6.45) is 4.79. The Morgan fingerprint density at radius 3 is 2.18 bits per heavy atom. The van der Waals surface area contributed by atoms with Crippen molar-refractivity contribution in [1.82, 2.24) is 15.1 Å². The Balaban J connectivity index is 1.69. The maximum atomic E-state index is 12.1. The van der Waals surface area contributed by atoms with Crippen molar-refractivity contribution in [1.29, 1.82) is 0 Å². The number of nitrogens with zero attached hydrogens (tertiary/aromatic N) is 2. The van der Waals surface area contributed by atoms with E-state index in [0.29, 0.717) is 32.2 Å². The molecule has 1 heterocycles. The molecule has 0 atom stereocenters. The maximum absolute atomic E-state index is 12.1. The first-order chi connectivity index (χ1) is 10.6. The van der Waals surface area contributed by atoms with Crippen LogP contribution in [0.4, 0.5) is 4.79 Å². The summed E-state index contributed by atoms with van der Waals surface area (Å²) in [7, 11) is 1.31. The number of piperazine rings is 1. The SMILES string of the molecule is COC(=O)CCC(=O)N1CCN(C(=O)NC2CCCC2)CC1. The molecule has 1 N–H and O–H groups in total. The molecule has 2 aliphatic rings. The van der Waals surface area contributed by atoms with E-state index >= 15 is 0 Å². The van der Waals surface area contributed by atoms with Gasteiger partial charge in [0.25, 0.3) is 0 Å². The molecule has 2 fully saturated rings. The third kappa shape index (κ3) is 4.61. The number of hydrogen-bond donors (Lipinski definition) is 1. The number of hydrogen-bond acceptors (Lipinski definition) is 4. The van der Waals surface area contributed by atoms with E-state index in [-0.39, 0.29) is 30.7 Å². The van der Waals surface area contributed by atoms with Crippen molar-refractivity contribution in [2.45, 2.75) is 44.6 Å². The van der Waals surface area contributed by atoms with Gasteiger partial charge in [-0.2, -0.15) is 0 Å². The lowest BCUT2D eigenvalue weighted by Crippen LogP contribution is -2.54. The Kier molecular flexibility index (Phi) is 6.03. The fourth-order valence-corrected chi connectivity index (χ4v) is 2.96. The van der Waals surface area contributed by atoms with Crippen molar-refractivity contribution < 1.29 is 19.1 Å². The summed E-state index contributed by atoms with van der Waals surface area (Å²) in [5.74, 6) is -0.427.